The highest BCUT2D eigenvalue weighted by atomic mass is 16.5. The van der Waals surface area contributed by atoms with Crippen molar-refractivity contribution in [2.24, 2.45) is 0 Å². The van der Waals surface area contributed by atoms with Crippen LogP contribution in [0.1, 0.15) is 12.8 Å². The van der Waals surface area contributed by atoms with Gasteiger partial charge >= 0.3 is 5.97 Å². The molecule has 0 bridgehead atoms. The molecule has 130 valence electrons. The number of benzene rings is 2. The monoisotopic (exact) mass is 342 g/mol. The Hall–Kier alpha value is -3.35. The third-order valence-corrected chi connectivity index (χ3v) is 3.24. The summed E-state index contributed by atoms with van der Waals surface area (Å²) in [5.41, 5.74) is 6.13. The average molecular weight is 342 g/mol. The molecule has 0 aliphatic rings. The van der Waals surface area contributed by atoms with E-state index < -0.39 is 17.8 Å². The van der Waals surface area contributed by atoms with Gasteiger partial charge in [0, 0.05) is 12.0 Å². The molecular formula is C18H18N2O5. The third-order valence-electron chi connectivity index (χ3n) is 3.24. The fraction of sp³-hybridized carbons (Fsp3) is 0.167. The van der Waals surface area contributed by atoms with Crippen LogP contribution in [0.25, 0.3) is 11.1 Å². The van der Waals surface area contributed by atoms with Crippen molar-refractivity contribution in [3.05, 3.63) is 54.6 Å². The van der Waals surface area contributed by atoms with Crippen molar-refractivity contribution < 1.29 is 24.2 Å². The molecule has 0 aromatic heterocycles. The molecule has 0 radical (unpaired) electrons. The summed E-state index contributed by atoms with van der Waals surface area (Å²) in [7, 11) is 0. The third kappa shape index (κ3) is 5.98. The van der Waals surface area contributed by atoms with Crippen molar-refractivity contribution in [3.63, 3.8) is 0 Å². The molecule has 0 heterocycles. The van der Waals surface area contributed by atoms with Gasteiger partial charge in [0.2, 0.25) is 5.91 Å². The zero-order valence-corrected chi connectivity index (χ0v) is 13.4. The van der Waals surface area contributed by atoms with Crippen LogP contribution >= 0.6 is 0 Å². The summed E-state index contributed by atoms with van der Waals surface area (Å²) in [4.78, 5) is 33.4. The number of hydrogen-bond acceptors (Lipinski definition) is 4. The second-order valence-electron chi connectivity index (χ2n) is 5.14. The van der Waals surface area contributed by atoms with Gasteiger partial charge in [-0.25, -0.2) is 0 Å². The molecular weight excluding hydrogens is 324 g/mol. The van der Waals surface area contributed by atoms with Crippen LogP contribution in [-0.2, 0) is 14.4 Å². The molecule has 0 saturated heterocycles. The molecule has 2 aromatic carbocycles. The first-order valence-corrected chi connectivity index (χ1v) is 7.63. The zero-order chi connectivity index (χ0) is 18.1. The minimum Gasteiger partial charge on any atom is -0.483 e. The molecule has 0 unspecified atom stereocenters. The van der Waals surface area contributed by atoms with Crippen LogP contribution in [0, 0.1) is 0 Å². The maximum Gasteiger partial charge on any atom is 0.303 e. The normalized spacial score (nSPS) is 9.92. The average Bonchev–Trinajstić information content (AvgIpc) is 2.64. The van der Waals surface area contributed by atoms with Crippen LogP contribution in [0.2, 0.25) is 0 Å². The summed E-state index contributed by atoms with van der Waals surface area (Å²) in [6.07, 6.45) is -0.518. The van der Waals surface area contributed by atoms with Crippen molar-refractivity contribution in [1.29, 1.82) is 0 Å². The van der Waals surface area contributed by atoms with E-state index in [4.69, 9.17) is 9.84 Å². The molecule has 0 saturated carbocycles. The topological polar surface area (TPSA) is 105 Å². The first kappa shape index (κ1) is 18.0. The first-order valence-electron chi connectivity index (χ1n) is 7.63. The molecule has 2 amide bonds. The molecule has 7 nitrogen and oxygen atoms in total. The molecule has 0 aliphatic carbocycles. The molecule has 0 fully saturated rings. The van der Waals surface area contributed by atoms with Crippen LogP contribution in [-0.4, -0.2) is 29.5 Å². The lowest BCUT2D eigenvalue weighted by atomic mass is 10.1. The number of carboxylic acid groups (broad SMARTS) is 1. The minimum atomic E-state index is -1.08. The van der Waals surface area contributed by atoms with Gasteiger partial charge < -0.3 is 9.84 Å². The van der Waals surface area contributed by atoms with E-state index in [2.05, 4.69) is 10.9 Å². The number of carboxylic acids is 1. The minimum absolute atomic E-state index is 0.215. The van der Waals surface area contributed by atoms with Gasteiger partial charge in [0.25, 0.3) is 5.91 Å². The van der Waals surface area contributed by atoms with E-state index in [1.165, 1.54) is 0 Å². The van der Waals surface area contributed by atoms with Crippen LogP contribution in [0.4, 0.5) is 0 Å². The molecule has 0 spiro atoms. The Morgan fingerprint density at radius 2 is 1.48 bits per heavy atom. The number of amides is 2. The van der Waals surface area contributed by atoms with Gasteiger partial charge in [-0.2, -0.15) is 0 Å². The fourth-order valence-corrected chi connectivity index (χ4v) is 2.05. The van der Waals surface area contributed by atoms with E-state index in [1.807, 2.05) is 42.5 Å². The summed E-state index contributed by atoms with van der Waals surface area (Å²) >= 11 is 0. The maximum absolute atomic E-state index is 11.7. The fourth-order valence-electron chi connectivity index (χ4n) is 2.05. The maximum atomic E-state index is 11.7. The number of carbonyl (C=O) groups is 3. The second kappa shape index (κ2) is 9.07. The van der Waals surface area contributed by atoms with E-state index >= 15 is 0 Å². The van der Waals surface area contributed by atoms with Crippen molar-refractivity contribution in [1.82, 2.24) is 10.9 Å². The summed E-state index contributed by atoms with van der Waals surface area (Å²) in [5.74, 6) is -1.67. The zero-order valence-electron chi connectivity index (χ0n) is 13.4. The molecule has 25 heavy (non-hydrogen) atoms. The van der Waals surface area contributed by atoms with Gasteiger partial charge in [0.05, 0.1) is 6.42 Å². The van der Waals surface area contributed by atoms with Crippen LogP contribution in [0.3, 0.4) is 0 Å². The van der Waals surface area contributed by atoms with Crippen molar-refractivity contribution in [2.75, 3.05) is 6.61 Å². The predicted octanol–water partition coefficient (Wildman–Crippen LogP) is 1.74. The van der Waals surface area contributed by atoms with Crippen LogP contribution < -0.4 is 15.6 Å². The Bertz CT molecular complexity index is 746. The lowest BCUT2D eigenvalue weighted by molar-refractivity contribution is -0.139. The SMILES string of the molecule is O=C(O)CCC(=O)NNC(=O)COc1ccccc1-c1ccccc1. The van der Waals surface area contributed by atoms with Gasteiger partial charge in [-0.1, -0.05) is 48.5 Å². The van der Waals surface area contributed by atoms with Gasteiger partial charge in [-0.15, -0.1) is 0 Å². The second-order valence-corrected chi connectivity index (χ2v) is 5.14. The van der Waals surface area contributed by atoms with E-state index in [-0.39, 0.29) is 19.4 Å². The van der Waals surface area contributed by atoms with Gasteiger partial charge in [-0.3, -0.25) is 25.2 Å². The van der Waals surface area contributed by atoms with Gasteiger partial charge in [-0.05, 0) is 11.6 Å². The number of rotatable bonds is 7. The molecule has 0 atom stereocenters. The van der Waals surface area contributed by atoms with Crippen molar-refractivity contribution >= 4 is 17.8 Å². The highest BCUT2D eigenvalue weighted by Crippen LogP contribution is 2.29. The lowest BCUT2D eigenvalue weighted by Gasteiger charge is -2.12. The number of carbonyl (C=O) groups excluding carboxylic acids is 2. The quantitative estimate of drug-likeness (QED) is 0.665. The summed E-state index contributed by atoms with van der Waals surface area (Å²) in [6.45, 7) is -0.289. The Labute approximate surface area is 144 Å². The van der Waals surface area contributed by atoms with E-state index in [0.29, 0.717) is 5.75 Å². The van der Waals surface area contributed by atoms with Gasteiger partial charge in [0.1, 0.15) is 5.75 Å². The highest BCUT2D eigenvalue weighted by molar-refractivity contribution is 5.84. The van der Waals surface area contributed by atoms with E-state index in [9.17, 15) is 14.4 Å². The van der Waals surface area contributed by atoms with Crippen LogP contribution in [0.5, 0.6) is 5.75 Å². The number of hydrogen-bond donors (Lipinski definition) is 3. The standard InChI is InChI=1S/C18H18N2O5/c21-16(10-11-18(23)24)19-20-17(22)12-25-15-9-5-4-8-14(15)13-6-2-1-3-7-13/h1-9H,10-12H2,(H,19,21)(H,20,22)(H,23,24). The molecule has 0 aliphatic heterocycles. The van der Waals surface area contributed by atoms with Crippen molar-refractivity contribution in [3.8, 4) is 16.9 Å². The summed E-state index contributed by atoms with van der Waals surface area (Å²) in [6, 6.07) is 16.9. The summed E-state index contributed by atoms with van der Waals surface area (Å²) < 4.78 is 5.53. The number of para-hydroxylation sites is 1. The smallest absolute Gasteiger partial charge is 0.303 e. The number of hydrazine groups is 1. The number of aliphatic carboxylic acids is 1. The predicted molar refractivity (Wildman–Crippen MR) is 90.5 cm³/mol. The van der Waals surface area contributed by atoms with Crippen LogP contribution in [0.15, 0.2) is 54.6 Å². The molecule has 7 heteroatoms. The van der Waals surface area contributed by atoms with Crippen molar-refractivity contribution in [2.45, 2.75) is 12.8 Å². The highest BCUT2D eigenvalue weighted by Gasteiger charge is 2.10. The molecule has 2 rings (SSSR count). The first-order chi connectivity index (χ1) is 12.1. The van der Waals surface area contributed by atoms with E-state index in [1.54, 1.807) is 12.1 Å². The Kier molecular flexibility index (Phi) is 6.53. The molecule has 2 aromatic rings. The molecule has 3 N–H and O–H groups in total. The Morgan fingerprint density at radius 3 is 2.20 bits per heavy atom. The Morgan fingerprint density at radius 1 is 0.840 bits per heavy atom. The van der Waals surface area contributed by atoms with Gasteiger partial charge in [0.15, 0.2) is 6.61 Å². The lowest BCUT2D eigenvalue weighted by Crippen LogP contribution is -2.43. The summed E-state index contributed by atoms with van der Waals surface area (Å²) in [5, 5.41) is 8.48. The van der Waals surface area contributed by atoms with E-state index in [0.717, 1.165) is 11.1 Å². The number of nitrogens with one attached hydrogen (secondary N) is 2. The number of ether oxygens (including phenoxy) is 1. The largest absolute Gasteiger partial charge is 0.483 e. The Balaban J connectivity index is 1.86.